The molecule has 8 heteroatoms. The summed E-state index contributed by atoms with van der Waals surface area (Å²) in [6.07, 6.45) is 1.57. The van der Waals surface area contributed by atoms with Crippen LogP contribution in [-0.2, 0) is 16.6 Å². The van der Waals surface area contributed by atoms with Gasteiger partial charge in [0, 0.05) is 0 Å². The second kappa shape index (κ2) is 5.87. The van der Waals surface area contributed by atoms with Gasteiger partial charge in [-0.05, 0) is 19.2 Å². The maximum absolute atomic E-state index is 11.9. The van der Waals surface area contributed by atoms with Gasteiger partial charge in [0.15, 0.2) is 0 Å². The second-order valence-electron chi connectivity index (χ2n) is 3.62. The fraction of sp³-hybridized carbons (Fsp3) is 0.182. The number of anilines is 1. The molecule has 2 N–H and O–H groups in total. The van der Waals surface area contributed by atoms with Crippen molar-refractivity contribution in [3.05, 3.63) is 39.8 Å². The highest BCUT2D eigenvalue weighted by atomic mass is 35.5. The maximum atomic E-state index is 11.9. The average molecular weight is 318 g/mol. The number of rotatable bonds is 5. The van der Waals surface area contributed by atoms with Crippen LogP contribution in [0.15, 0.2) is 35.4 Å². The molecule has 0 amide bonds. The second-order valence-corrected chi connectivity index (χ2v) is 7.22. The van der Waals surface area contributed by atoms with E-state index >= 15 is 0 Å². The van der Waals surface area contributed by atoms with Crippen molar-refractivity contribution in [2.75, 3.05) is 12.4 Å². The predicted molar refractivity (Wildman–Crippen MR) is 77.1 cm³/mol. The molecule has 0 spiro atoms. The Morgan fingerprint density at radius 3 is 2.74 bits per heavy atom. The lowest BCUT2D eigenvalue weighted by Crippen LogP contribution is -2.20. The van der Waals surface area contributed by atoms with Crippen LogP contribution in [-0.4, -0.2) is 20.4 Å². The van der Waals surface area contributed by atoms with E-state index in [1.165, 1.54) is 18.4 Å². The van der Waals surface area contributed by atoms with Crippen molar-refractivity contribution in [3.63, 3.8) is 0 Å². The average Bonchev–Trinajstić information content (AvgIpc) is 2.82. The number of nitrogens with zero attached hydrogens (tertiary/aromatic N) is 1. The first-order valence-electron chi connectivity index (χ1n) is 5.39. The van der Waals surface area contributed by atoms with E-state index in [9.17, 15) is 8.42 Å². The van der Waals surface area contributed by atoms with Crippen molar-refractivity contribution in [3.8, 4) is 0 Å². The fourth-order valence-corrected chi connectivity index (χ4v) is 3.30. The molecule has 19 heavy (non-hydrogen) atoms. The van der Waals surface area contributed by atoms with Crippen LogP contribution < -0.4 is 10.0 Å². The Kier molecular flexibility index (Phi) is 4.41. The van der Waals surface area contributed by atoms with Crippen LogP contribution >= 0.6 is 22.9 Å². The number of hydrogen-bond donors (Lipinski definition) is 2. The standard InChI is InChI=1S/C11H12ClN3O2S2/c1-13-19(16,17)9-5-3-2-4-8(9)14-7-11-15-6-10(12)18-11/h2-6,13-14H,7H2,1H3. The molecule has 2 aromatic rings. The van der Waals surface area contributed by atoms with E-state index in [2.05, 4.69) is 15.0 Å². The van der Waals surface area contributed by atoms with Gasteiger partial charge in [0.05, 0.1) is 18.4 Å². The summed E-state index contributed by atoms with van der Waals surface area (Å²) in [6.45, 7) is 0.424. The minimum absolute atomic E-state index is 0.208. The first-order chi connectivity index (χ1) is 9.03. The molecule has 0 radical (unpaired) electrons. The molecule has 1 aromatic heterocycles. The molecular weight excluding hydrogens is 306 g/mol. The molecule has 2 rings (SSSR count). The Bertz CT molecular complexity index is 670. The highest BCUT2D eigenvalue weighted by molar-refractivity contribution is 7.89. The monoisotopic (exact) mass is 317 g/mol. The summed E-state index contributed by atoms with van der Waals surface area (Å²) in [4.78, 5) is 4.31. The third kappa shape index (κ3) is 3.44. The van der Waals surface area contributed by atoms with Gasteiger partial charge in [-0.15, -0.1) is 11.3 Å². The van der Waals surface area contributed by atoms with E-state index in [4.69, 9.17) is 11.6 Å². The zero-order chi connectivity index (χ0) is 13.9. The normalized spacial score (nSPS) is 11.5. The number of aromatic nitrogens is 1. The lowest BCUT2D eigenvalue weighted by atomic mass is 10.3. The molecule has 0 saturated heterocycles. The topological polar surface area (TPSA) is 71.1 Å². The molecule has 0 aliphatic heterocycles. The number of thiazole rings is 1. The summed E-state index contributed by atoms with van der Waals surface area (Å²) in [7, 11) is -2.10. The lowest BCUT2D eigenvalue weighted by molar-refractivity contribution is 0.588. The smallest absolute Gasteiger partial charge is 0.242 e. The lowest BCUT2D eigenvalue weighted by Gasteiger charge is -2.10. The molecule has 5 nitrogen and oxygen atoms in total. The Labute approximate surface area is 120 Å². The summed E-state index contributed by atoms with van der Waals surface area (Å²) in [5, 5.41) is 3.85. The van der Waals surface area contributed by atoms with Crippen LogP contribution in [0, 0.1) is 0 Å². The number of sulfonamides is 1. The molecule has 1 heterocycles. The summed E-state index contributed by atoms with van der Waals surface area (Å²) in [5.41, 5.74) is 0.531. The number of halogens is 1. The fourth-order valence-electron chi connectivity index (χ4n) is 1.50. The van der Waals surface area contributed by atoms with Crippen LogP contribution in [0.4, 0.5) is 5.69 Å². The number of benzene rings is 1. The van der Waals surface area contributed by atoms with Crippen molar-refractivity contribution in [2.45, 2.75) is 11.4 Å². The van der Waals surface area contributed by atoms with E-state index in [0.29, 0.717) is 16.6 Å². The van der Waals surface area contributed by atoms with Crippen LogP contribution in [0.5, 0.6) is 0 Å². The SMILES string of the molecule is CNS(=O)(=O)c1ccccc1NCc1ncc(Cl)s1. The minimum Gasteiger partial charge on any atom is -0.377 e. The summed E-state index contributed by atoms with van der Waals surface area (Å²) in [6, 6.07) is 6.70. The van der Waals surface area contributed by atoms with Gasteiger partial charge in [0.1, 0.15) is 14.2 Å². The zero-order valence-electron chi connectivity index (χ0n) is 10.1. The van der Waals surface area contributed by atoms with E-state index in [-0.39, 0.29) is 4.90 Å². The quantitative estimate of drug-likeness (QED) is 0.888. The van der Waals surface area contributed by atoms with Crippen molar-refractivity contribution in [1.29, 1.82) is 0 Å². The molecule has 0 bridgehead atoms. The van der Waals surface area contributed by atoms with Gasteiger partial charge < -0.3 is 5.32 Å². The van der Waals surface area contributed by atoms with Crippen LogP contribution in [0.25, 0.3) is 0 Å². The van der Waals surface area contributed by atoms with Gasteiger partial charge >= 0.3 is 0 Å². The van der Waals surface area contributed by atoms with Crippen molar-refractivity contribution < 1.29 is 8.42 Å². The zero-order valence-corrected chi connectivity index (χ0v) is 12.4. The van der Waals surface area contributed by atoms with Crippen molar-refractivity contribution in [1.82, 2.24) is 9.71 Å². The molecular formula is C11H12ClN3O2S2. The summed E-state index contributed by atoms with van der Waals surface area (Å²) < 4.78 is 26.6. The predicted octanol–water partition coefficient (Wildman–Crippen LogP) is 2.32. The Morgan fingerprint density at radius 1 is 1.37 bits per heavy atom. The van der Waals surface area contributed by atoms with Gasteiger partial charge in [0.25, 0.3) is 0 Å². The highest BCUT2D eigenvalue weighted by Crippen LogP contribution is 2.23. The van der Waals surface area contributed by atoms with E-state index in [0.717, 1.165) is 5.01 Å². The largest absolute Gasteiger partial charge is 0.377 e. The first kappa shape index (κ1) is 14.3. The van der Waals surface area contributed by atoms with Crippen LogP contribution in [0.2, 0.25) is 4.34 Å². The van der Waals surface area contributed by atoms with Crippen LogP contribution in [0.1, 0.15) is 5.01 Å². The summed E-state index contributed by atoms with van der Waals surface area (Å²) >= 11 is 7.14. The Hall–Kier alpha value is -1.15. The molecule has 0 atom stereocenters. The minimum atomic E-state index is -3.48. The van der Waals surface area contributed by atoms with E-state index < -0.39 is 10.0 Å². The summed E-state index contributed by atoms with van der Waals surface area (Å²) in [5.74, 6) is 0. The maximum Gasteiger partial charge on any atom is 0.242 e. The van der Waals surface area contributed by atoms with Gasteiger partial charge in [0.2, 0.25) is 10.0 Å². The molecule has 0 aliphatic rings. The molecule has 102 valence electrons. The Morgan fingerprint density at radius 2 is 2.11 bits per heavy atom. The van der Waals surface area contributed by atoms with Crippen LogP contribution in [0.3, 0.4) is 0 Å². The van der Waals surface area contributed by atoms with E-state index in [1.807, 2.05) is 0 Å². The molecule has 0 fully saturated rings. The molecule has 0 saturated carbocycles. The highest BCUT2D eigenvalue weighted by Gasteiger charge is 2.15. The van der Waals surface area contributed by atoms with Crippen molar-refractivity contribution in [2.24, 2.45) is 0 Å². The number of nitrogens with one attached hydrogen (secondary N) is 2. The number of para-hydroxylation sites is 1. The third-order valence-corrected chi connectivity index (χ3v) is 4.99. The molecule has 1 aromatic carbocycles. The number of hydrogen-bond acceptors (Lipinski definition) is 5. The van der Waals surface area contributed by atoms with Gasteiger partial charge in [-0.2, -0.15) is 0 Å². The van der Waals surface area contributed by atoms with Crippen molar-refractivity contribution >= 4 is 38.6 Å². The van der Waals surface area contributed by atoms with E-state index in [1.54, 1.807) is 30.5 Å². The molecule has 0 unspecified atom stereocenters. The Balaban J connectivity index is 2.21. The third-order valence-electron chi connectivity index (χ3n) is 2.40. The first-order valence-corrected chi connectivity index (χ1v) is 8.07. The van der Waals surface area contributed by atoms with Gasteiger partial charge in [-0.25, -0.2) is 18.1 Å². The van der Waals surface area contributed by atoms with Gasteiger partial charge in [-0.3, -0.25) is 0 Å². The molecule has 0 aliphatic carbocycles. The van der Waals surface area contributed by atoms with Gasteiger partial charge in [-0.1, -0.05) is 23.7 Å².